The minimum absolute atomic E-state index is 0.000660. The van der Waals surface area contributed by atoms with E-state index in [1.165, 1.54) is 0 Å². The summed E-state index contributed by atoms with van der Waals surface area (Å²) in [4.78, 5) is 27.6. The van der Waals surface area contributed by atoms with Crippen LogP contribution in [0.5, 0.6) is 0 Å². The smallest absolute Gasteiger partial charge is 0.258 e. The van der Waals surface area contributed by atoms with E-state index in [9.17, 15) is 9.59 Å². The molecule has 0 bridgehead atoms. The number of carbonyl (C=O) groups is 2. The first-order valence-electron chi connectivity index (χ1n) is 9.92. The molecular formula is C25H24N2O2. The molecule has 0 spiro atoms. The Morgan fingerprint density at radius 1 is 0.862 bits per heavy atom. The highest BCUT2D eigenvalue weighted by Crippen LogP contribution is 2.30. The van der Waals surface area contributed by atoms with Gasteiger partial charge in [0.25, 0.3) is 11.8 Å². The Morgan fingerprint density at radius 2 is 1.59 bits per heavy atom. The van der Waals surface area contributed by atoms with Crippen LogP contribution in [-0.2, 0) is 6.42 Å². The van der Waals surface area contributed by atoms with Crippen LogP contribution < -0.4 is 10.2 Å². The number of fused-ring (bicyclic) bond motifs is 1. The summed E-state index contributed by atoms with van der Waals surface area (Å²) in [6, 6.07) is 20.9. The first-order valence-corrected chi connectivity index (χ1v) is 9.92. The molecule has 0 fully saturated rings. The van der Waals surface area contributed by atoms with E-state index in [0.717, 1.165) is 40.9 Å². The van der Waals surface area contributed by atoms with Crippen molar-refractivity contribution < 1.29 is 9.59 Å². The van der Waals surface area contributed by atoms with Crippen LogP contribution in [0.1, 0.15) is 43.8 Å². The molecule has 2 amide bonds. The molecule has 0 saturated heterocycles. The molecule has 1 N–H and O–H groups in total. The van der Waals surface area contributed by atoms with Crippen LogP contribution in [0.15, 0.2) is 66.7 Å². The molecule has 3 aromatic rings. The molecule has 1 heterocycles. The molecule has 4 rings (SSSR count). The third-order valence-electron chi connectivity index (χ3n) is 5.45. The van der Waals surface area contributed by atoms with Crippen LogP contribution in [-0.4, -0.2) is 18.4 Å². The zero-order valence-corrected chi connectivity index (χ0v) is 16.7. The lowest BCUT2D eigenvalue weighted by Gasteiger charge is -2.30. The van der Waals surface area contributed by atoms with Gasteiger partial charge in [-0.3, -0.25) is 9.59 Å². The molecule has 29 heavy (non-hydrogen) atoms. The van der Waals surface area contributed by atoms with Gasteiger partial charge in [-0.25, -0.2) is 0 Å². The van der Waals surface area contributed by atoms with Gasteiger partial charge in [-0.15, -0.1) is 0 Å². The molecule has 0 saturated carbocycles. The minimum atomic E-state index is -0.128. The molecule has 4 nitrogen and oxygen atoms in total. The summed E-state index contributed by atoms with van der Waals surface area (Å²) in [5.74, 6) is -0.129. The fraction of sp³-hybridized carbons (Fsp3) is 0.200. The first kappa shape index (κ1) is 18.9. The number of benzene rings is 3. The SMILES string of the molecule is Cc1cccc(C)c1NC(=O)c1ccc2c(c1)CCCN2C(=O)c1ccccc1. The van der Waals surface area contributed by atoms with Gasteiger partial charge in [0.2, 0.25) is 0 Å². The molecule has 0 aromatic heterocycles. The fourth-order valence-corrected chi connectivity index (χ4v) is 3.88. The zero-order chi connectivity index (χ0) is 20.4. The third kappa shape index (κ3) is 3.79. The number of aryl methyl sites for hydroxylation is 3. The quantitative estimate of drug-likeness (QED) is 0.679. The number of carbonyl (C=O) groups excluding carboxylic acids is 2. The predicted molar refractivity (Wildman–Crippen MR) is 117 cm³/mol. The largest absolute Gasteiger partial charge is 0.322 e. The fourth-order valence-electron chi connectivity index (χ4n) is 3.88. The molecule has 1 aliphatic heterocycles. The number of nitrogens with one attached hydrogen (secondary N) is 1. The van der Waals surface area contributed by atoms with Gasteiger partial charge >= 0.3 is 0 Å². The molecule has 4 heteroatoms. The van der Waals surface area contributed by atoms with Gasteiger partial charge < -0.3 is 10.2 Å². The number of anilines is 2. The number of hydrogen-bond acceptors (Lipinski definition) is 2. The van der Waals surface area contributed by atoms with Gasteiger partial charge in [0.05, 0.1) is 0 Å². The average molecular weight is 384 g/mol. The normalized spacial score (nSPS) is 13.0. The highest BCUT2D eigenvalue weighted by molar-refractivity contribution is 6.08. The van der Waals surface area contributed by atoms with Gasteiger partial charge in [-0.2, -0.15) is 0 Å². The second-order valence-electron chi connectivity index (χ2n) is 7.49. The summed E-state index contributed by atoms with van der Waals surface area (Å²) in [7, 11) is 0. The van der Waals surface area contributed by atoms with Crippen molar-refractivity contribution in [2.24, 2.45) is 0 Å². The Labute approximate surface area is 171 Å². The van der Waals surface area contributed by atoms with Gasteiger partial charge in [0.15, 0.2) is 0 Å². The molecule has 0 unspecified atom stereocenters. The molecule has 1 aliphatic rings. The number of hydrogen-bond donors (Lipinski definition) is 1. The van der Waals surface area contributed by atoms with Crippen LogP contribution in [0.4, 0.5) is 11.4 Å². The van der Waals surface area contributed by atoms with Crippen molar-refractivity contribution in [3.63, 3.8) is 0 Å². The summed E-state index contributed by atoms with van der Waals surface area (Å²) in [5.41, 5.74) is 6.16. The van der Waals surface area contributed by atoms with Crippen molar-refractivity contribution in [3.05, 3.63) is 94.5 Å². The Morgan fingerprint density at radius 3 is 2.31 bits per heavy atom. The maximum atomic E-state index is 12.9. The summed E-state index contributed by atoms with van der Waals surface area (Å²) in [5, 5.41) is 3.04. The molecule has 146 valence electrons. The summed E-state index contributed by atoms with van der Waals surface area (Å²) in [6.07, 6.45) is 1.74. The van der Waals surface area contributed by atoms with E-state index < -0.39 is 0 Å². The third-order valence-corrected chi connectivity index (χ3v) is 5.45. The predicted octanol–water partition coefficient (Wildman–Crippen LogP) is 5.15. The monoisotopic (exact) mass is 384 g/mol. The van der Waals surface area contributed by atoms with Crippen LogP contribution in [0, 0.1) is 13.8 Å². The number of rotatable bonds is 3. The highest BCUT2D eigenvalue weighted by atomic mass is 16.2. The van der Waals surface area contributed by atoms with Crippen molar-refractivity contribution in [1.29, 1.82) is 0 Å². The number of para-hydroxylation sites is 1. The molecule has 0 aliphatic carbocycles. The van der Waals surface area contributed by atoms with E-state index in [2.05, 4.69) is 5.32 Å². The molecule has 0 radical (unpaired) electrons. The lowest BCUT2D eigenvalue weighted by Crippen LogP contribution is -2.35. The van der Waals surface area contributed by atoms with E-state index in [0.29, 0.717) is 17.7 Å². The Balaban J connectivity index is 1.60. The van der Waals surface area contributed by atoms with Gasteiger partial charge in [0.1, 0.15) is 0 Å². The van der Waals surface area contributed by atoms with Crippen molar-refractivity contribution >= 4 is 23.2 Å². The van der Waals surface area contributed by atoms with Crippen LogP contribution >= 0.6 is 0 Å². The number of amides is 2. The first-order chi connectivity index (χ1) is 14.0. The van der Waals surface area contributed by atoms with Crippen LogP contribution in [0.2, 0.25) is 0 Å². The minimum Gasteiger partial charge on any atom is -0.322 e. The van der Waals surface area contributed by atoms with Crippen LogP contribution in [0.25, 0.3) is 0 Å². The van der Waals surface area contributed by atoms with E-state index in [1.54, 1.807) is 6.07 Å². The van der Waals surface area contributed by atoms with Crippen molar-refractivity contribution in [2.75, 3.05) is 16.8 Å². The van der Waals surface area contributed by atoms with Gasteiger partial charge in [-0.1, -0.05) is 36.4 Å². The Kier molecular flexibility index (Phi) is 5.17. The second kappa shape index (κ2) is 7.92. The van der Waals surface area contributed by atoms with E-state index in [-0.39, 0.29) is 11.8 Å². The second-order valence-corrected chi connectivity index (χ2v) is 7.49. The lowest BCUT2D eigenvalue weighted by atomic mass is 9.98. The Bertz CT molecular complexity index is 1050. The van der Waals surface area contributed by atoms with Crippen molar-refractivity contribution in [2.45, 2.75) is 26.7 Å². The van der Waals surface area contributed by atoms with Gasteiger partial charge in [-0.05, 0) is 73.7 Å². The van der Waals surface area contributed by atoms with E-state index in [1.807, 2.05) is 79.4 Å². The lowest BCUT2D eigenvalue weighted by molar-refractivity contribution is 0.0984. The molecular weight excluding hydrogens is 360 g/mol. The summed E-state index contributed by atoms with van der Waals surface area (Å²) < 4.78 is 0. The number of nitrogens with zero attached hydrogens (tertiary/aromatic N) is 1. The molecule has 3 aromatic carbocycles. The van der Waals surface area contributed by atoms with Crippen molar-refractivity contribution in [1.82, 2.24) is 0 Å². The average Bonchev–Trinajstić information content (AvgIpc) is 2.75. The standard InChI is InChI=1S/C25H24N2O2/c1-17-8-6-9-18(2)23(17)26-24(28)21-13-14-22-20(16-21)12-7-15-27(22)25(29)19-10-4-3-5-11-19/h3-6,8-11,13-14,16H,7,12,15H2,1-2H3,(H,26,28). The highest BCUT2D eigenvalue weighted by Gasteiger charge is 2.24. The zero-order valence-electron chi connectivity index (χ0n) is 16.7. The van der Waals surface area contributed by atoms with E-state index in [4.69, 9.17) is 0 Å². The molecule has 0 atom stereocenters. The topological polar surface area (TPSA) is 49.4 Å². The van der Waals surface area contributed by atoms with Gasteiger partial charge in [0, 0.05) is 29.0 Å². The van der Waals surface area contributed by atoms with Crippen molar-refractivity contribution in [3.8, 4) is 0 Å². The maximum absolute atomic E-state index is 12.9. The Hall–Kier alpha value is -3.40. The van der Waals surface area contributed by atoms with E-state index >= 15 is 0 Å². The summed E-state index contributed by atoms with van der Waals surface area (Å²) >= 11 is 0. The maximum Gasteiger partial charge on any atom is 0.258 e. The van der Waals surface area contributed by atoms with Crippen LogP contribution in [0.3, 0.4) is 0 Å². The summed E-state index contributed by atoms with van der Waals surface area (Å²) in [6.45, 7) is 4.67.